The number of carbonyl (C=O) groups is 2. The van der Waals surface area contributed by atoms with Crippen molar-refractivity contribution in [2.24, 2.45) is 11.8 Å². The molecule has 160 valence electrons. The van der Waals surface area contributed by atoms with Crippen LogP contribution in [0.2, 0.25) is 0 Å². The molecule has 1 unspecified atom stereocenters. The van der Waals surface area contributed by atoms with E-state index in [0.717, 1.165) is 24.0 Å². The summed E-state index contributed by atoms with van der Waals surface area (Å²) in [4.78, 5) is 26.5. The standard InChI is InChI=1S/C24H25BFNO4/c1-15-10-12-17(13-11-15)16(2)27-14-20-21(8-5-9-22(20)26)25(27)30-23(28)18-6-3-4-7-19(18)24(29)31-25/h5,8-14,16,18-19H,3-4,6-7H2,1-2H3/t16?,18-,19-/m1/s1. The van der Waals surface area contributed by atoms with Crippen molar-refractivity contribution < 1.29 is 27.8 Å². The molecule has 2 heterocycles. The lowest BCUT2D eigenvalue weighted by Gasteiger charge is -2.35. The fourth-order valence-electron chi connectivity index (χ4n) is 5.30. The molecular formula is C24H25BFNO4. The third kappa shape index (κ3) is 3.09. The maximum atomic E-state index is 14.8. The van der Waals surface area contributed by atoms with Crippen molar-refractivity contribution in [3.05, 3.63) is 65.0 Å². The monoisotopic (exact) mass is 421 g/mol. The molecule has 2 aromatic rings. The average Bonchev–Trinajstić information content (AvgIpc) is 3.02. The SMILES string of the molecule is Cc1ccc(C(C)[N+]2=Cc3c(F)cccc3[B-]23OC(=O)[C@@H]2CCCC[C@H]2C(=O)O3)cc1. The first-order chi connectivity index (χ1) is 14.9. The molecule has 1 saturated carbocycles. The van der Waals surface area contributed by atoms with Crippen LogP contribution in [0.25, 0.3) is 0 Å². The molecular weight excluding hydrogens is 396 g/mol. The minimum atomic E-state index is -2.70. The fraction of sp³-hybridized carbons (Fsp3) is 0.375. The molecule has 2 aliphatic heterocycles. The Morgan fingerprint density at radius 3 is 2.23 bits per heavy atom. The summed E-state index contributed by atoms with van der Waals surface area (Å²) in [5.74, 6) is -2.30. The lowest BCUT2D eigenvalue weighted by atomic mass is 9.62. The molecule has 0 aromatic heterocycles. The molecule has 3 atom stereocenters. The van der Waals surface area contributed by atoms with Crippen molar-refractivity contribution in [2.75, 3.05) is 0 Å². The smallest absolute Gasteiger partial charge is 0.592 e. The molecule has 0 amide bonds. The van der Waals surface area contributed by atoms with Gasteiger partial charge in [-0.2, -0.15) is 0 Å². The maximum absolute atomic E-state index is 14.8. The molecule has 1 spiro atoms. The van der Waals surface area contributed by atoms with Gasteiger partial charge in [0.05, 0.1) is 11.8 Å². The molecule has 5 nitrogen and oxygen atoms in total. The zero-order chi connectivity index (χ0) is 21.8. The number of nitrogens with zero attached hydrogens (tertiary/aromatic N) is 1. The Morgan fingerprint density at radius 1 is 1.00 bits per heavy atom. The molecule has 0 bridgehead atoms. The Balaban J connectivity index is 1.66. The second-order valence-corrected chi connectivity index (χ2v) is 8.95. The van der Waals surface area contributed by atoms with Gasteiger partial charge >= 0.3 is 6.69 Å². The van der Waals surface area contributed by atoms with E-state index in [-0.39, 0.29) is 6.04 Å². The van der Waals surface area contributed by atoms with Crippen LogP contribution in [0.3, 0.4) is 0 Å². The third-order valence-corrected chi connectivity index (χ3v) is 7.08. The van der Waals surface area contributed by atoms with Gasteiger partial charge in [0.1, 0.15) is 18.1 Å². The topological polar surface area (TPSA) is 55.6 Å². The van der Waals surface area contributed by atoms with E-state index in [1.54, 1.807) is 22.8 Å². The van der Waals surface area contributed by atoms with Crippen LogP contribution in [-0.4, -0.2) is 29.3 Å². The Hall–Kier alpha value is -2.96. The highest BCUT2D eigenvalue weighted by Crippen LogP contribution is 2.38. The largest absolute Gasteiger partial charge is 0.684 e. The van der Waals surface area contributed by atoms with Gasteiger partial charge in [-0.15, -0.1) is 0 Å². The summed E-state index contributed by atoms with van der Waals surface area (Å²) in [5.41, 5.74) is 2.77. The number of benzene rings is 2. The third-order valence-electron chi connectivity index (χ3n) is 7.08. The van der Waals surface area contributed by atoms with Gasteiger partial charge in [0.25, 0.3) is 11.9 Å². The van der Waals surface area contributed by atoms with Crippen molar-refractivity contribution in [2.45, 2.75) is 45.6 Å². The predicted octanol–water partition coefficient (Wildman–Crippen LogP) is 3.39. The molecule has 1 saturated heterocycles. The van der Waals surface area contributed by atoms with Crippen LogP contribution in [0.4, 0.5) is 4.39 Å². The van der Waals surface area contributed by atoms with E-state index in [4.69, 9.17) is 9.31 Å². The molecule has 0 N–H and O–H groups in total. The van der Waals surface area contributed by atoms with Crippen molar-refractivity contribution in [1.29, 1.82) is 0 Å². The molecule has 3 aliphatic rings. The zero-order valence-corrected chi connectivity index (χ0v) is 17.7. The second kappa shape index (κ2) is 7.33. The quantitative estimate of drug-likeness (QED) is 0.698. The summed E-state index contributed by atoms with van der Waals surface area (Å²) in [6.45, 7) is 1.24. The Labute approximate surface area is 180 Å². The molecule has 31 heavy (non-hydrogen) atoms. The van der Waals surface area contributed by atoms with Gasteiger partial charge in [-0.3, -0.25) is 9.59 Å². The summed E-state index contributed by atoms with van der Waals surface area (Å²) in [7, 11) is 0. The van der Waals surface area contributed by atoms with Crippen molar-refractivity contribution in [3.63, 3.8) is 0 Å². The Bertz CT molecular complexity index is 1070. The van der Waals surface area contributed by atoms with Crippen molar-refractivity contribution in [3.8, 4) is 0 Å². The van der Waals surface area contributed by atoms with Gasteiger partial charge in [-0.05, 0) is 38.2 Å². The molecule has 7 heteroatoms. The number of aryl methyl sites for hydroxylation is 1. The van der Waals surface area contributed by atoms with Crippen LogP contribution in [0, 0.1) is 24.6 Å². The second-order valence-electron chi connectivity index (χ2n) is 8.95. The minimum Gasteiger partial charge on any atom is -0.592 e. The number of halogens is 1. The van der Waals surface area contributed by atoms with Gasteiger partial charge in [0.2, 0.25) is 0 Å². The maximum Gasteiger partial charge on any atom is 0.684 e. The minimum absolute atomic E-state index is 0.298. The van der Waals surface area contributed by atoms with E-state index in [0.29, 0.717) is 23.9 Å². The summed E-state index contributed by atoms with van der Waals surface area (Å²) < 4.78 is 28.6. The first-order valence-electron chi connectivity index (χ1n) is 11.0. The van der Waals surface area contributed by atoms with Crippen LogP contribution in [0.5, 0.6) is 0 Å². The highest BCUT2D eigenvalue weighted by atomic mass is 19.1. The van der Waals surface area contributed by atoms with Gasteiger partial charge < -0.3 is 13.8 Å². The van der Waals surface area contributed by atoms with Crippen LogP contribution in [0.15, 0.2) is 42.5 Å². The summed E-state index contributed by atoms with van der Waals surface area (Å²) in [6.07, 6.45) is 4.61. The number of hydrogen-bond acceptors (Lipinski definition) is 4. The normalized spacial score (nSPS) is 25.1. The van der Waals surface area contributed by atoms with Gasteiger partial charge in [-0.1, -0.05) is 54.8 Å². The lowest BCUT2D eigenvalue weighted by Crippen LogP contribution is -2.62. The summed E-state index contributed by atoms with van der Waals surface area (Å²) >= 11 is 0. The summed E-state index contributed by atoms with van der Waals surface area (Å²) in [6, 6.07) is 12.3. The average molecular weight is 421 g/mol. The molecule has 2 aromatic carbocycles. The predicted molar refractivity (Wildman–Crippen MR) is 114 cm³/mol. The fourth-order valence-corrected chi connectivity index (χ4v) is 5.30. The van der Waals surface area contributed by atoms with E-state index >= 15 is 0 Å². The highest BCUT2D eigenvalue weighted by Gasteiger charge is 2.61. The highest BCUT2D eigenvalue weighted by molar-refractivity contribution is 6.79. The first kappa shape index (κ1) is 20.0. The van der Waals surface area contributed by atoms with E-state index in [1.165, 1.54) is 6.07 Å². The number of rotatable bonds is 2. The van der Waals surface area contributed by atoms with Crippen molar-refractivity contribution in [1.82, 2.24) is 0 Å². The van der Waals surface area contributed by atoms with E-state index in [1.807, 2.05) is 38.1 Å². The van der Waals surface area contributed by atoms with E-state index in [9.17, 15) is 14.0 Å². The zero-order valence-electron chi connectivity index (χ0n) is 17.7. The molecule has 5 rings (SSSR count). The lowest BCUT2D eigenvalue weighted by molar-refractivity contribution is -0.467. The number of carbonyl (C=O) groups excluding carboxylic acids is 2. The van der Waals surface area contributed by atoms with Gasteiger partial charge in [-0.25, -0.2) is 4.39 Å². The van der Waals surface area contributed by atoms with Crippen molar-refractivity contribution >= 4 is 30.3 Å². The van der Waals surface area contributed by atoms with E-state index in [2.05, 4.69) is 0 Å². The number of fused-ring (bicyclic) bond motifs is 3. The van der Waals surface area contributed by atoms with Crippen LogP contribution >= 0.6 is 0 Å². The van der Waals surface area contributed by atoms with Gasteiger partial charge in [0, 0.05) is 11.1 Å². The molecule has 2 fully saturated rings. The van der Waals surface area contributed by atoms with E-state index < -0.39 is 36.3 Å². The van der Waals surface area contributed by atoms with Gasteiger partial charge in [0.15, 0.2) is 0 Å². The van der Waals surface area contributed by atoms with Crippen LogP contribution < -0.4 is 5.46 Å². The molecule has 1 aliphatic carbocycles. The number of hydrogen-bond donors (Lipinski definition) is 0. The first-order valence-corrected chi connectivity index (χ1v) is 11.0. The molecule has 0 radical (unpaired) electrons. The van der Waals surface area contributed by atoms with Crippen LogP contribution in [-0.2, 0) is 18.9 Å². The Morgan fingerprint density at radius 2 is 1.61 bits per heavy atom. The Kier molecular flexibility index (Phi) is 4.72. The van der Waals surface area contributed by atoms with Crippen LogP contribution in [0.1, 0.15) is 55.3 Å². The summed E-state index contributed by atoms with van der Waals surface area (Å²) in [5, 5.41) is 0.